The van der Waals surface area contributed by atoms with Gasteiger partial charge >= 0.3 is 7.82 Å². The van der Waals surface area contributed by atoms with Gasteiger partial charge in [-0.15, -0.1) is 0 Å². The van der Waals surface area contributed by atoms with E-state index in [1.165, 1.54) is 63.9 Å². The Morgan fingerprint density at radius 3 is 1.55 bits per heavy atom. The molecule has 1 aliphatic carbocycles. The van der Waals surface area contributed by atoms with Gasteiger partial charge in [-0.2, -0.15) is 0 Å². The highest BCUT2D eigenvalue weighted by Gasteiger charge is 2.51. The summed E-state index contributed by atoms with van der Waals surface area (Å²) in [5.41, 5.74) is 0. The fourth-order valence-electron chi connectivity index (χ4n) is 6.68. The molecule has 1 fully saturated rings. The Bertz CT molecular complexity index is 1180. The minimum atomic E-state index is -5.15. The monoisotopic (exact) mass is 846 g/mol. The second-order valence-corrected chi connectivity index (χ2v) is 17.1. The summed E-state index contributed by atoms with van der Waals surface area (Å²) in [5, 5.41) is 74.3. The Morgan fingerprint density at radius 2 is 1.02 bits per heavy atom. The molecule has 0 aromatic rings. The summed E-state index contributed by atoms with van der Waals surface area (Å²) in [4.78, 5) is 23.4. The lowest BCUT2D eigenvalue weighted by Gasteiger charge is -2.41. The van der Waals surface area contributed by atoms with Crippen LogP contribution in [0, 0.1) is 0 Å². The molecular formula is C44H80NO12P. The Balaban J connectivity index is 2.61. The predicted octanol–water partition coefficient (Wildman–Crippen LogP) is 6.75. The molecule has 0 aliphatic heterocycles. The zero-order valence-electron chi connectivity index (χ0n) is 35.4. The number of aliphatic hydroxyl groups is 7. The number of allylic oxidation sites excluding steroid dienone is 7. The number of amides is 1. The van der Waals surface area contributed by atoms with Crippen molar-refractivity contribution in [1.29, 1.82) is 0 Å². The number of phosphoric acid groups is 1. The van der Waals surface area contributed by atoms with Crippen molar-refractivity contribution >= 4 is 13.7 Å². The second-order valence-electron chi connectivity index (χ2n) is 15.7. The summed E-state index contributed by atoms with van der Waals surface area (Å²) >= 11 is 0. The number of nitrogens with one attached hydrogen (secondary N) is 1. The minimum Gasteiger partial charge on any atom is -0.393 e. The van der Waals surface area contributed by atoms with Crippen molar-refractivity contribution in [3.05, 3.63) is 48.6 Å². The van der Waals surface area contributed by atoms with Crippen LogP contribution in [0.4, 0.5) is 0 Å². The van der Waals surface area contributed by atoms with Gasteiger partial charge in [-0.05, 0) is 70.6 Å². The van der Waals surface area contributed by atoms with Crippen LogP contribution in [0.25, 0.3) is 0 Å². The number of carbonyl (C=O) groups is 1. The third kappa shape index (κ3) is 25.8. The van der Waals surface area contributed by atoms with E-state index in [4.69, 9.17) is 9.05 Å². The van der Waals surface area contributed by atoms with E-state index in [2.05, 4.69) is 49.5 Å². The van der Waals surface area contributed by atoms with E-state index < -0.39 is 75.2 Å². The number of hydrogen-bond donors (Lipinski definition) is 9. The maximum Gasteiger partial charge on any atom is 0.472 e. The zero-order chi connectivity index (χ0) is 43.0. The van der Waals surface area contributed by atoms with Crippen LogP contribution in [0.5, 0.6) is 0 Å². The van der Waals surface area contributed by atoms with E-state index in [-0.39, 0.29) is 6.42 Å². The van der Waals surface area contributed by atoms with Crippen molar-refractivity contribution in [3.63, 3.8) is 0 Å². The van der Waals surface area contributed by atoms with Crippen molar-refractivity contribution in [2.45, 2.75) is 216 Å². The van der Waals surface area contributed by atoms with Gasteiger partial charge in [0.15, 0.2) is 0 Å². The van der Waals surface area contributed by atoms with Crippen LogP contribution in [0.1, 0.15) is 162 Å². The average molecular weight is 846 g/mol. The fourth-order valence-corrected chi connectivity index (χ4v) is 7.64. The smallest absolute Gasteiger partial charge is 0.393 e. The number of hydrogen-bond acceptors (Lipinski definition) is 11. The fraction of sp³-hybridized carbons (Fsp3) is 0.795. The summed E-state index contributed by atoms with van der Waals surface area (Å²) in [6.07, 6.45) is 24.9. The maximum absolute atomic E-state index is 13.0. The van der Waals surface area contributed by atoms with Gasteiger partial charge in [-0.25, -0.2) is 4.57 Å². The van der Waals surface area contributed by atoms with Crippen LogP contribution in [0.3, 0.4) is 0 Å². The van der Waals surface area contributed by atoms with E-state index in [1.54, 1.807) is 6.08 Å². The Kier molecular flexibility index (Phi) is 31.7. The van der Waals surface area contributed by atoms with Gasteiger partial charge in [0.25, 0.3) is 0 Å². The first-order valence-corrected chi connectivity index (χ1v) is 23.7. The van der Waals surface area contributed by atoms with Crippen molar-refractivity contribution in [1.82, 2.24) is 5.32 Å². The van der Waals surface area contributed by atoms with Crippen LogP contribution in [-0.2, 0) is 18.4 Å². The van der Waals surface area contributed by atoms with Gasteiger partial charge in [0.05, 0.1) is 31.3 Å². The molecule has 0 saturated heterocycles. The highest BCUT2D eigenvalue weighted by Crippen LogP contribution is 2.47. The van der Waals surface area contributed by atoms with Gasteiger partial charge in [0, 0.05) is 0 Å². The third-order valence-corrected chi connectivity index (χ3v) is 11.3. The molecule has 0 heterocycles. The Hall–Kier alpha value is -1.74. The molecule has 338 valence electrons. The molecule has 0 aromatic carbocycles. The van der Waals surface area contributed by atoms with Crippen molar-refractivity contribution < 1.29 is 59.0 Å². The van der Waals surface area contributed by atoms with Crippen molar-refractivity contribution in [2.24, 2.45) is 0 Å². The van der Waals surface area contributed by atoms with Crippen molar-refractivity contribution in [2.75, 3.05) is 6.61 Å². The lowest BCUT2D eigenvalue weighted by molar-refractivity contribution is -0.220. The summed E-state index contributed by atoms with van der Waals surface area (Å²) in [5.74, 6) is -0.615. The van der Waals surface area contributed by atoms with Crippen molar-refractivity contribution in [3.8, 4) is 0 Å². The first-order chi connectivity index (χ1) is 27.8. The topological polar surface area (TPSA) is 226 Å². The molecule has 0 bridgehead atoms. The second kappa shape index (κ2) is 33.9. The highest BCUT2D eigenvalue weighted by atomic mass is 31.2. The number of phosphoric ester groups is 1. The highest BCUT2D eigenvalue weighted by molar-refractivity contribution is 7.47. The van der Waals surface area contributed by atoms with Crippen LogP contribution in [0.15, 0.2) is 48.6 Å². The molecule has 1 rings (SSSR count). The molecule has 14 heteroatoms. The number of carbonyl (C=O) groups excluding carboxylic acids is 1. The molecule has 0 radical (unpaired) electrons. The predicted molar refractivity (Wildman–Crippen MR) is 229 cm³/mol. The summed E-state index contributed by atoms with van der Waals surface area (Å²) in [6.45, 7) is 3.66. The molecular weight excluding hydrogens is 765 g/mol. The maximum atomic E-state index is 13.0. The quantitative estimate of drug-likeness (QED) is 0.0184. The Labute approximate surface area is 349 Å². The number of rotatable bonds is 35. The molecule has 1 amide bonds. The summed E-state index contributed by atoms with van der Waals surface area (Å²) in [7, 11) is -5.15. The third-order valence-electron chi connectivity index (χ3n) is 10.4. The van der Waals surface area contributed by atoms with Gasteiger partial charge in [0.1, 0.15) is 36.6 Å². The lowest BCUT2D eigenvalue weighted by Crippen LogP contribution is -2.64. The van der Waals surface area contributed by atoms with E-state index in [1.807, 2.05) is 6.08 Å². The summed E-state index contributed by atoms with van der Waals surface area (Å²) < 4.78 is 22.8. The van der Waals surface area contributed by atoms with Gasteiger partial charge in [-0.1, -0.05) is 133 Å². The van der Waals surface area contributed by atoms with Crippen LogP contribution in [0.2, 0.25) is 0 Å². The molecule has 58 heavy (non-hydrogen) atoms. The lowest BCUT2D eigenvalue weighted by atomic mass is 9.85. The normalized spacial score (nSPS) is 24.2. The number of aliphatic hydroxyl groups excluding tert-OH is 7. The molecule has 1 aliphatic rings. The van der Waals surface area contributed by atoms with E-state index >= 15 is 0 Å². The van der Waals surface area contributed by atoms with E-state index in [0.717, 1.165) is 64.2 Å². The largest absolute Gasteiger partial charge is 0.472 e. The minimum absolute atomic E-state index is 0.263. The molecule has 8 atom stereocenters. The molecule has 0 aromatic heterocycles. The standard InChI is InChI=1S/C44H80NO12P/c1-3-5-7-9-11-13-15-17-18-20-21-23-25-27-29-31-35(46)33-38(48)45-36(37(47)32-30-28-26-24-22-19-16-14-12-10-8-6-4-2)34-56-58(54,55)57-44-42(52)40(50)39(49)41(51)43(44)53/h12,14,17-18,22,24,30,32,35-37,39-44,46-47,49-53H,3-11,13,15-16,19-21,23,25-29,31,33-34H2,1-2H3,(H,45,48)(H,54,55)/b14-12+,18-17-,24-22+,32-30+. The SMILES string of the molecule is CCCCC/C=C/CC/C=C/CC/C=C/C(O)C(COP(=O)(O)OC1C(O)C(O)C(O)C(O)C1O)NC(=O)CC(O)CCCCCCC/C=C\CCCCCCCC. The van der Waals surface area contributed by atoms with Crippen LogP contribution < -0.4 is 5.32 Å². The summed E-state index contributed by atoms with van der Waals surface area (Å²) in [6, 6.07) is -1.27. The average Bonchev–Trinajstić information content (AvgIpc) is 3.19. The molecule has 1 saturated carbocycles. The van der Waals surface area contributed by atoms with Gasteiger partial charge < -0.3 is 46.0 Å². The van der Waals surface area contributed by atoms with E-state index in [9.17, 15) is 50.0 Å². The molecule has 13 nitrogen and oxygen atoms in total. The zero-order valence-corrected chi connectivity index (χ0v) is 36.3. The Morgan fingerprint density at radius 1 is 0.603 bits per heavy atom. The first kappa shape index (κ1) is 54.3. The number of unbranched alkanes of at least 4 members (excludes halogenated alkanes) is 16. The van der Waals surface area contributed by atoms with E-state index in [0.29, 0.717) is 19.3 Å². The molecule has 9 N–H and O–H groups in total. The van der Waals surface area contributed by atoms with Crippen LogP contribution >= 0.6 is 7.82 Å². The molecule has 8 unspecified atom stereocenters. The first-order valence-electron chi connectivity index (χ1n) is 22.2. The van der Waals surface area contributed by atoms with Crippen LogP contribution in [-0.4, -0.2) is 108 Å². The van der Waals surface area contributed by atoms with Gasteiger partial charge in [0.2, 0.25) is 5.91 Å². The molecule has 0 spiro atoms. The van der Waals surface area contributed by atoms with Gasteiger partial charge in [-0.3, -0.25) is 13.8 Å².